The third kappa shape index (κ3) is 5.56. The van der Waals surface area contributed by atoms with Gasteiger partial charge in [0, 0.05) is 55.9 Å². The highest BCUT2D eigenvalue weighted by Gasteiger charge is 2.21. The van der Waals surface area contributed by atoms with E-state index in [1.54, 1.807) is 6.20 Å². The number of amides is 1. The molecule has 2 aromatic carbocycles. The molecule has 3 aromatic rings. The smallest absolute Gasteiger partial charge is 0.254 e. The van der Waals surface area contributed by atoms with E-state index in [1.165, 1.54) is 34.6 Å². The highest BCUT2D eigenvalue weighted by molar-refractivity contribution is 7.89. The van der Waals surface area contributed by atoms with Crippen molar-refractivity contribution in [1.82, 2.24) is 19.2 Å². The third-order valence-corrected chi connectivity index (χ3v) is 6.77. The summed E-state index contributed by atoms with van der Waals surface area (Å²) >= 11 is 0. The van der Waals surface area contributed by atoms with E-state index in [9.17, 15) is 23.4 Å². The van der Waals surface area contributed by atoms with Crippen molar-refractivity contribution in [1.29, 1.82) is 0 Å². The van der Waals surface area contributed by atoms with Crippen LogP contribution in [0.5, 0.6) is 11.5 Å². The van der Waals surface area contributed by atoms with Crippen molar-refractivity contribution in [2.45, 2.75) is 6.54 Å². The maximum atomic E-state index is 12.2. The van der Waals surface area contributed by atoms with Gasteiger partial charge in [-0.25, -0.2) is 17.8 Å². The van der Waals surface area contributed by atoms with Crippen LogP contribution in [0.15, 0.2) is 53.8 Å². The van der Waals surface area contributed by atoms with E-state index < -0.39 is 10.0 Å². The van der Waals surface area contributed by atoms with E-state index in [4.69, 9.17) is 0 Å². The number of nitrogens with zero attached hydrogens (tertiary/aromatic N) is 4. The lowest BCUT2D eigenvalue weighted by molar-refractivity contribution is -0.122. The number of phenols is 2. The fraction of sp³-hybridized carbons (Fsp3) is 0.304. The monoisotopic (exact) mass is 485 g/mol. The van der Waals surface area contributed by atoms with E-state index >= 15 is 0 Å². The molecule has 1 aromatic heterocycles. The van der Waals surface area contributed by atoms with Gasteiger partial charge in [-0.2, -0.15) is 5.10 Å². The van der Waals surface area contributed by atoms with Crippen molar-refractivity contribution in [2.24, 2.45) is 5.10 Å². The Morgan fingerprint density at radius 1 is 1.09 bits per heavy atom. The van der Waals surface area contributed by atoms with Crippen LogP contribution in [-0.2, 0) is 21.4 Å². The van der Waals surface area contributed by atoms with Crippen LogP contribution in [0.25, 0.3) is 10.9 Å². The molecule has 0 saturated carbocycles. The lowest BCUT2D eigenvalue weighted by Crippen LogP contribution is -2.48. The zero-order valence-electron chi connectivity index (χ0n) is 18.8. The molecule has 2 heterocycles. The van der Waals surface area contributed by atoms with Crippen molar-refractivity contribution in [3.05, 3.63) is 59.8 Å². The first kappa shape index (κ1) is 23.7. The van der Waals surface area contributed by atoms with Gasteiger partial charge in [0.1, 0.15) is 11.5 Å². The van der Waals surface area contributed by atoms with E-state index in [-0.39, 0.29) is 24.0 Å². The van der Waals surface area contributed by atoms with Gasteiger partial charge >= 0.3 is 0 Å². The molecule has 4 rings (SSSR count). The molecule has 34 heavy (non-hydrogen) atoms. The minimum atomic E-state index is -3.39. The number of piperazine rings is 1. The number of aromatic hydroxyl groups is 2. The van der Waals surface area contributed by atoms with E-state index in [2.05, 4.69) is 15.4 Å². The van der Waals surface area contributed by atoms with Gasteiger partial charge in [-0.3, -0.25) is 14.6 Å². The lowest BCUT2D eigenvalue weighted by atomic mass is 10.1. The van der Waals surface area contributed by atoms with Crippen LogP contribution < -0.4 is 5.43 Å². The fourth-order valence-corrected chi connectivity index (χ4v) is 4.85. The van der Waals surface area contributed by atoms with Gasteiger partial charge in [-0.1, -0.05) is 18.2 Å². The minimum Gasteiger partial charge on any atom is -0.508 e. The Bertz CT molecular complexity index is 1330. The first-order valence-corrected chi connectivity index (χ1v) is 12.6. The van der Waals surface area contributed by atoms with Gasteiger partial charge in [0.25, 0.3) is 5.91 Å². The summed E-state index contributed by atoms with van der Waals surface area (Å²) < 4.78 is 25.6. The zero-order valence-corrected chi connectivity index (χ0v) is 19.6. The maximum absolute atomic E-state index is 12.2. The predicted octanol–water partition coefficient (Wildman–Crippen LogP) is 1.13. The summed E-state index contributed by atoms with van der Waals surface area (Å²) in [5, 5.41) is 23.8. The van der Waals surface area contributed by atoms with Gasteiger partial charge in [-0.05, 0) is 23.8 Å². The second-order valence-corrected chi connectivity index (χ2v) is 10.2. The van der Waals surface area contributed by atoms with Crippen LogP contribution in [0.2, 0.25) is 0 Å². The van der Waals surface area contributed by atoms with Crippen molar-refractivity contribution < 1.29 is 23.4 Å². The fourth-order valence-electron chi connectivity index (χ4n) is 4.02. The van der Waals surface area contributed by atoms with Gasteiger partial charge in [0.05, 0.1) is 24.5 Å². The van der Waals surface area contributed by atoms with E-state index in [1.807, 2.05) is 29.2 Å². The minimum absolute atomic E-state index is 0.0565. The SMILES string of the molecule is CS(=O)(=O)n1cc(CN2CCN(CC(=O)NN=Cc3ccc(O)cc3O)CC2)c2ccccc21. The second-order valence-electron chi connectivity index (χ2n) is 8.32. The van der Waals surface area contributed by atoms with Gasteiger partial charge in [-0.15, -0.1) is 0 Å². The number of hydrazone groups is 1. The average molecular weight is 486 g/mol. The summed E-state index contributed by atoms with van der Waals surface area (Å²) in [6.07, 6.45) is 4.21. The summed E-state index contributed by atoms with van der Waals surface area (Å²) in [5.41, 5.74) is 4.46. The number of carbonyl (C=O) groups excluding carboxylic acids is 1. The number of phenolic OH excluding ortho intramolecular Hbond substituents is 2. The molecule has 10 nitrogen and oxygen atoms in total. The highest BCUT2D eigenvalue weighted by atomic mass is 32.2. The van der Waals surface area contributed by atoms with Crippen LogP contribution in [0.1, 0.15) is 11.1 Å². The van der Waals surface area contributed by atoms with Crippen molar-refractivity contribution in [3.8, 4) is 11.5 Å². The van der Waals surface area contributed by atoms with E-state index in [0.29, 0.717) is 30.7 Å². The Kier molecular flexibility index (Phi) is 6.87. The number of para-hydroxylation sites is 1. The Hall–Kier alpha value is -3.41. The summed E-state index contributed by atoms with van der Waals surface area (Å²) in [7, 11) is -3.39. The number of hydrogen-bond donors (Lipinski definition) is 3. The number of hydrogen-bond acceptors (Lipinski definition) is 8. The van der Waals surface area contributed by atoms with Crippen molar-refractivity contribution >= 4 is 33.0 Å². The summed E-state index contributed by atoms with van der Waals surface area (Å²) in [6, 6.07) is 11.6. The van der Waals surface area contributed by atoms with Crippen LogP contribution in [0.4, 0.5) is 0 Å². The normalized spacial score (nSPS) is 15.8. The number of rotatable bonds is 7. The molecule has 1 saturated heterocycles. The second kappa shape index (κ2) is 9.84. The predicted molar refractivity (Wildman–Crippen MR) is 129 cm³/mol. The van der Waals surface area contributed by atoms with E-state index in [0.717, 1.165) is 24.0 Å². The first-order valence-electron chi connectivity index (χ1n) is 10.8. The topological polar surface area (TPSA) is 127 Å². The molecule has 11 heteroatoms. The zero-order chi connectivity index (χ0) is 24.3. The molecule has 1 fully saturated rings. The standard InChI is InChI=1S/C23H27N5O5S/c1-34(32,33)28-15-18(20-4-2-3-5-21(20)28)14-26-8-10-27(11-9-26)16-23(31)25-24-13-17-6-7-19(29)12-22(17)30/h2-7,12-13,15,29-30H,8-11,14,16H2,1H3,(H,25,31). The van der Waals surface area contributed by atoms with Gasteiger partial charge < -0.3 is 10.2 Å². The Labute approximate surface area is 197 Å². The molecule has 180 valence electrons. The van der Waals surface area contributed by atoms with Crippen LogP contribution >= 0.6 is 0 Å². The molecule has 1 amide bonds. The maximum Gasteiger partial charge on any atom is 0.254 e. The molecule has 1 aliphatic heterocycles. The Morgan fingerprint density at radius 3 is 2.50 bits per heavy atom. The molecule has 0 bridgehead atoms. The molecule has 0 radical (unpaired) electrons. The number of benzene rings is 2. The average Bonchev–Trinajstić information content (AvgIpc) is 3.16. The van der Waals surface area contributed by atoms with Crippen LogP contribution in [-0.4, -0.2) is 83.5 Å². The molecule has 3 N–H and O–H groups in total. The number of nitrogens with one attached hydrogen (secondary N) is 1. The molecule has 0 atom stereocenters. The van der Waals surface area contributed by atoms with Crippen molar-refractivity contribution in [3.63, 3.8) is 0 Å². The molecule has 0 aliphatic carbocycles. The summed E-state index contributed by atoms with van der Waals surface area (Å²) in [6.45, 7) is 3.71. The molecule has 1 aliphatic rings. The highest BCUT2D eigenvalue weighted by Crippen LogP contribution is 2.24. The largest absolute Gasteiger partial charge is 0.508 e. The number of fused-ring (bicyclic) bond motifs is 1. The van der Waals surface area contributed by atoms with Gasteiger partial charge in [0.2, 0.25) is 10.0 Å². The first-order chi connectivity index (χ1) is 16.2. The van der Waals surface area contributed by atoms with Gasteiger partial charge in [0.15, 0.2) is 0 Å². The summed E-state index contributed by atoms with van der Waals surface area (Å²) in [5.74, 6) is -0.452. The third-order valence-electron chi connectivity index (χ3n) is 5.75. The quantitative estimate of drug-likeness (QED) is 0.338. The Morgan fingerprint density at radius 2 is 1.79 bits per heavy atom. The number of carbonyl (C=O) groups is 1. The Balaban J connectivity index is 1.29. The molecule has 0 unspecified atom stereocenters. The van der Waals surface area contributed by atoms with Crippen LogP contribution in [0.3, 0.4) is 0 Å². The summed E-state index contributed by atoms with van der Waals surface area (Å²) in [4.78, 5) is 16.5. The number of aromatic nitrogens is 1. The lowest BCUT2D eigenvalue weighted by Gasteiger charge is -2.34. The molecular weight excluding hydrogens is 458 g/mol. The molecular formula is C23H27N5O5S. The van der Waals surface area contributed by atoms with Crippen molar-refractivity contribution in [2.75, 3.05) is 39.0 Å². The molecule has 0 spiro atoms. The van der Waals surface area contributed by atoms with Crippen LogP contribution in [0, 0.1) is 0 Å².